The number of aryl methyl sites for hydroxylation is 1. The van der Waals surface area contributed by atoms with Crippen molar-refractivity contribution >= 4 is 11.5 Å². The molecule has 0 saturated heterocycles. The minimum Gasteiger partial charge on any atom is -0.487 e. The first-order chi connectivity index (χ1) is 9.60. The molecule has 8 nitrogen and oxygen atoms in total. The van der Waals surface area contributed by atoms with Crippen LogP contribution >= 0.6 is 0 Å². The Balaban J connectivity index is 2.04. The number of hydrogen-bond donors (Lipinski definition) is 2. The number of nitro benzene ring substituents is 1. The van der Waals surface area contributed by atoms with E-state index in [4.69, 9.17) is 10.6 Å². The maximum Gasteiger partial charge on any atom is 0.269 e. The SMILES string of the molecule is Cc1cc([N+](=O)[O-])ccc1OCc1cnc(NN)cn1. The molecular weight excluding hydrogens is 262 g/mol. The molecule has 0 aliphatic carbocycles. The van der Waals surface area contributed by atoms with Crippen molar-refractivity contribution in [1.82, 2.24) is 9.97 Å². The van der Waals surface area contributed by atoms with Crippen LogP contribution in [-0.2, 0) is 6.61 Å². The normalized spacial score (nSPS) is 10.1. The summed E-state index contributed by atoms with van der Waals surface area (Å²) in [6.07, 6.45) is 3.03. The highest BCUT2D eigenvalue weighted by Crippen LogP contribution is 2.23. The van der Waals surface area contributed by atoms with E-state index in [2.05, 4.69) is 15.4 Å². The molecule has 0 unspecified atom stereocenters. The number of nitrogen functional groups attached to an aromatic ring is 1. The minimum absolute atomic E-state index is 0.0352. The number of benzene rings is 1. The molecule has 104 valence electrons. The van der Waals surface area contributed by atoms with Crippen LogP contribution in [0.15, 0.2) is 30.6 Å². The fourth-order valence-corrected chi connectivity index (χ4v) is 1.56. The maximum atomic E-state index is 10.6. The predicted molar refractivity (Wildman–Crippen MR) is 72.0 cm³/mol. The van der Waals surface area contributed by atoms with Crippen LogP contribution in [0.4, 0.5) is 11.5 Å². The maximum absolute atomic E-state index is 10.6. The van der Waals surface area contributed by atoms with E-state index in [9.17, 15) is 10.1 Å². The average molecular weight is 275 g/mol. The van der Waals surface area contributed by atoms with Gasteiger partial charge in [0.1, 0.15) is 12.4 Å². The number of nitrogens with zero attached hydrogens (tertiary/aromatic N) is 3. The summed E-state index contributed by atoms with van der Waals surface area (Å²) in [5.41, 5.74) is 3.72. The molecule has 0 amide bonds. The van der Waals surface area contributed by atoms with E-state index in [0.717, 1.165) is 0 Å². The van der Waals surface area contributed by atoms with Crippen LogP contribution in [0.1, 0.15) is 11.3 Å². The van der Waals surface area contributed by atoms with Gasteiger partial charge in [0, 0.05) is 12.1 Å². The second kappa shape index (κ2) is 5.93. The molecule has 0 bridgehead atoms. The van der Waals surface area contributed by atoms with Crippen molar-refractivity contribution in [2.45, 2.75) is 13.5 Å². The molecule has 3 N–H and O–H groups in total. The Hall–Kier alpha value is -2.74. The first kappa shape index (κ1) is 13.7. The van der Waals surface area contributed by atoms with Crippen molar-refractivity contribution in [2.75, 3.05) is 5.43 Å². The molecule has 0 atom stereocenters. The molecule has 0 saturated carbocycles. The Kier molecular flexibility index (Phi) is 4.06. The highest BCUT2D eigenvalue weighted by Gasteiger charge is 2.09. The van der Waals surface area contributed by atoms with Crippen LogP contribution in [0.25, 0.3) is 0 Å². The quantitative estimate of drug-likeness (QED) is 0.483. The topological polar surface area (TPSA) is 116 Å². The molecule has 1 aromatic heterocycles. The van der Waals surface area contributed by atoms with Crippen molar-refractivity contribution < 1.29 is 9.66 Å². The van der Waals surface area contributed by atoms with Crippen LogP contribution in [0.3, 0.4) is 0 Å². The number of nitrogens with one attached hydrogen (secondary N) is 1. The second-order valence-electron chi connectivity index (χ2n) is 4.03. The predicted octanol–water partition coefficient (Wildman–Crippen LogP) is 1.56. The third-order valence-electron chi connectivity index (χ3n) is 2.60. The first-order valence-electron chi connectivity index (χ1n) is 5.75. The van der Waals surface area contributed by atoms with Gasteiger partial charge in [0.05, 0.1) is 23.0 Å². The molecule has 0 aliphatic rings. The van der Waals surface area contributed by atoms with Gasteiger partial charge in [0.15, 0.2) is 5.82 Å². The van der Waals surface area contributed by atoms with E-state index in [-0.39, 0.29) is 12.3 Å². The number of hydrazine groups is 1. The zero-order valence-electron chi connectivity index (χ0n) is 10.7. The summed E-state index contributed by atoms with van der Waals surface area (Å²) in [6.45, 7) is 1.96. The van der Waals surface area contributed by atoms with Gasteiger partial charge in [-0.25, -0.2) is 10.8 Å². The lowest BCUT2D eigenvalue weighted by molar-refractivity contribution is -0.384. The van der Waals surface area contributed by atoms with Gasteiger partial charge >= 0.3 is 0 Å². The van der Waals surface area contributed by atoms with E-state index in [0.29, 0.717) is 22.8 Å². The smallest absolute Gasteiger partial charge is 0.269 e. The van der Waals surface area contributed by atoms with Gasteiger partial charge in [0.25, 0.3) is 5.69 Å². The Bertz CT molecular complexity index is 615. The molecule has 2 rings (SSSR count). The number of aromatic nitrogens is 2. The van der Waals surface area contributed by atoms with Crippen molar-refractivity contribution in [3.05, 3.63) is 52.0 Å². The highest BCUT2D eigenvalue weighted by molar-refractivity contribution is 5.43. The molecule has 1 aromatic carbocycles. The third-order valence-corrected chi connectivity index (χ3v) is 2.60. The largest absolute Gasteiger partial charge is 0.487 e. The fourth-order valence-electron chi connectivity index (χ4n) is 1.56. The third kappa shape index (κ3) is 3.18. The van der Waals surface area contributed by atoms with E-state index >= 15 is 0 Å². The van der Waals surface area contributed by atoms with Gasteiger partial charge < -0.3 is 10.2 Å². The molecule has 2 aromatic rings. The number of nitrogens with two attached hydrogens (primary N) is 1. The van der Waals surface area contributed by atoms with Crippen molar-refractivity contribution in [3.8, 4) is 5.75 Å². The lowest BCUT2D eigenvalue weighted by atomic mass is 10.2. The van der Waals surface area contributed by atoms with E-state index in [1.165, 1.54) is 24.5 Å². The zero-order chi connectivity index (χ0) is 14.5. The molecule has 8 heteroatoms. The summed E-state index contributed by atoms with van der Waals surface area (Å²) in [5, 5.41) is 10.6. The van der Waals surface area contributed by atoms with Crippen molar-refractivity contribution in [2.24, 2.45) is 5.84 Å². The van der Waals surface area contributed by atoms with Gasteiger partial charge in [-0.3, -0.25) is 15.1 Å². The number of hydrogen-bond acceptors (Lipinski definition) is 7. The summed E-state index contributed by atoms with van der Waals surface area (Å²) in [6, 6.07) is 4.43. The number of ether oxygens (including phenoxy) is 1. The van der Waals surface area contributed by atoms with Crippen LogP contribution in [0.5, 0.6) is 5.75 Å². The molecule has 0 spiro atoms. The van der Waals surface area contributed by atoms with Crippen LogP contribution in [-0.4, -0.2) is 14.9 Å². The molecular formula is C12H13N5O3. The summed E-state index contributed by atoms with van der Waals surface area (Å²) in [4.78, 5) is 18.3. The van der Waals surface area contributed by atoms with E-state index < -0.39 is 4.92 Å². The number of nitro groups is 1. The summed E-state index contributed by atoms with van der Waals surface area (Å²) in [5.74, 6) is 6.21. The Labute approximate surface area is 114 Å². The van der Waals surface area contributed by atoms with Crippen LogP contribution in [0.2, 0.25) is 0 Å². The van der Waals surface area contributed by atoms with Crippen LogP contribution < -0.4 is 16.0 Å². The first-order valence-corrected chi connectivity index (χ1v) is 5.75. The Morgan fingerprint density at radius 2 is 2.20 bits per heavy atom. The Morgan fingerprint density at radius 3 is 2.75 bits per heavy atom. The standard InChI is InChI=1S/C12H13N5O3/c1-8-4-10(17(18)19)2-3-11(8)20-7-9-5-15-12(16-13)6-14-9/h2-6H,7,13H2,1H3,(H,15,16). The van der Waals surface area contributed by atoms with Crippen molar-refractivity contribution in [3.63, 3.8) is 0 Å². The lowest BCUT2D eigenvalue weighted by Gasteiger charge is -2.08. The second-order valence-corrected chi connectivity index (χ2v) is 4.03. The minimum atomic E-state index is -0.444. The average Bonchev–Trinajstić information content (AvgIpc) is 2.46. The van der Waals surface area contributed by atoms with E-state index in [1.54, 1.807) is 13.0 Å². The zero-order valence-corrected chi connectivity index (χ0v) is 10.7. The fraction of sp³-hybridized carbons (Fsp3) is 0.167. The molecule has 0 fully saturated rings. The van der Waals surface area contributed by atoms with Crippen molar-refractivity contribution in [1.29, 1.82) is 0 Å². The number of non-ortho nitro benzene ring substituents is 1. The Morgan fingerprint density at radius 1 is 1.40 bits per heavy atom. The lowest BCUT2D eigenvalue weighted by Crippen LogP contribution is -2.09. The van der Waals surface area contributed by atoms with Gasteiger partial charge in [-0.05, 0) is 18.6 Å². The molecule has 0 radical (unpaired) electrons. The molecule has 20 heavy (non-hydrogen) atoms. The molecule has 0 aliphatic heterocycles. The summed E-state index contributed by atoms with van der Waals surface area (Å²) < 4.78 is 5.55. The monoisotopic (exact) mass is 275 g/mol. The number of anilines is 1. The summed E-state index contributed by atoms with van der Waals surface area (Å²) >= 11 is 0. The van der Waals surface area contributed by atoms with Crippen LogP contribution in [0, 0.1) is 17.0 Å². The van der Waals surface area contributed by atoms with Gasteiger partial charge in [0.2, 0.25) is 0 Å². The molecule has 1 heterocycles. The van der Waals surface area contributed by atoms with Gasteiger partial charge in [-0.15, -0.1) is 0 Å². The van der Waals surface area contributed by atoms with Gasteiger partial charge in [-0.1, -0.05) is 0 Å². The highest BCUT2D eigenvalue weighted by atomic mass is 16.6. The van der Waals surface area contributed by atoms with E-state index in [1.807, 2.05) is 0 Å². The number of rotatable bonds is 5. The van der Waals surface area contributed by atoms with Gasteiger partial charge in [-0.2, -0.15) is 0 Å². The summed E-state index contributed by atoms with van der Waals surface area (Å²) in [7, 11) is 0.